The molecule has 0 radical (unpaired) electrons. The van der Waals surface area contributed by atoms with Gasteiger partial charge in [0.25, 0.3) is 0 Å². The molecule has 1 aliphatic carbocycles. The summed E-state index contributed by atoms with van der Waals surface area (Å²) >= 11 is 0. The van der Waals surface area contributed by atoms with Crippen LogP contribution in [0.5, 0.6) is 0 Å². The smallest absolute Gasteiger partial charge is 0.234 e. The van der Waals surface area contributed by atoms with E-state index in [1.165, 1.54) is 88.3 Å². The summed E-state index contributed by atoms with van der Waals surface area (Å²) < 4.78 is 2.09. The predicted octanol–water partition coefficient (Wildman–Crippen LogP) is 17.0. The molecule has 1 aliphatic rings. The van der Waals surface area contributed by atoms with Gasteiger partial charge in [0, 0.05) is 28.9 Å². The molecule has 2 heterocycles. The average Bonchev–Trinajstić information content (AvgIpc) is 3.90. The van der Waals surface area contributed by atoms with Gasteiger partial charge in [-0.1, -0.05) is 214 Å². The Hall–Kier alpha value is -8.66. The molecule has 0 N–H and O–H groups in total. The Kier molecular flexibility index (Phi) is 9.19. The van der Waals surface area contributed by atoms with Crippen LogP contribution in [-0.4, -0.2) is 14.4 Å². The van der Waals surface area contributed by atoms with Crippen molar-refractivity contribution >= 4 is 27.3 Å². The third-order valence-electron chi connectivity index (χ3n) is 14.3. The van der Waals surface area contributed by atoms with E-state index in [-0.39, 0.29) is 5.41 Å². The first kappa shape index (κ1) is 39.7. The van der Waals surface area contributed by atoms with Crippen molar-refractivity contribution in [1.82, 2.24) is 14.4 Å². The number of imidazole rings is 1. The second-order valence-corrected chi connectivity index (χ2v) is 18.6. The van der Waals surface area contributed by atoms with Crippen molar-refractivity contribution in [2.75, 3.05) is 0 Å². The van der Waals surface area contributed by atoms with E-state index < -0.39 is 0 Å². The largest absolute Gasteiger partial charge is 0.283 e. The van der Waals surface area contributed by atoms with Crippen LogP contribution in [0.1, 0.15) is 25.0 Å². The van der Waals surface area contributed by atoms with Crippen LogP contribution in [0, 0.1) is 0 Å². The average molecular weight is 868 g/mol. The van der Waals surface area contributed by atoms with Crippen molar-refractivity contribution in [2.24, 2.45) is 0 Å². The molecule has 3 nitrogen and oxygen atoms in total. The van der Waals surface area contributed by atoms with Gasteiger partial charge in [0.05, 0.1) is 11.4 Å². The number of nitrogens with zero attached hydrogens (tertiary/aromatic N) is 3. The van der Waals surface area contributed by atoms with Crippen LogP contribution in [0.25, 0.3) is 117 Å². The van der Waals surface area contributed by atoms with E-state index in [1.807, 2.05) is 18.3 Å². The lowest BCUT2D eigenvalue weighted by molar-refractivity contribution is 0.661. The van der Waals surface area contributed by atoms with E-state index in [0.717, 1.165) is 33.6 Å². The molecule has 0 bridgehead atoms. The SMILES string of the molecule is CC1(C)c2ccccc2-c2cc3c(-c4ccc(-c5ccccc5)cc4)c4ccc(-c5ccc(-c6nc7ncccn7c6-c6ccccc6)cc5)cc4c(-c4ccc(-c5ccccc5)cc4)c3cc21. The Morgan fingerprint density at radius 1 is 0.353 bits per heavy atom. The molecular formula is C65H45N3. The summed E-state index contributed by atoms with van der Waals surface area (Å²) in [5.74, 6) is 0.680. The Morgan fingerprint density at radius 2 is 0.824 bits per heavy atom. The van der Waals surface area contributed by atoms with Crippen molar-refractivity contribution in [3.63, 3.8) is 0 Å². The maximum atomic E-state index is 5.06. The standard InChI is InChI=1S/C65H45N3/c1-65(2)58-22-13-12-21-52(58)54-40-56-57(41-59(54)65)61(48-31-25-45(26-32-48)43-17-8-4-9-18-43)55-39-51(35-36-53(55)60(56)47-29-23-44(24-30-47)42-15-6-3-7-16-42)46-27-33-49(34-28-46)62-63(50-19-10-5-11-20-50)68-38-14-37-66-64(68)67-62/h3-41H,1-2H3. The normalized spacial score (nSPS) is 12.7. The second-order valence-electron chi connectivity index (χ2n) is 18.6. The number of hydrogen-bond acceptors (Lipinski definition) is 2. The zero-order chi connectivity index (χ0) is 45.3. The van der Waals surface area contributed by atoms with Crippen LogP contribution in [0.15, 0.2) is 237 Å². The minimum atomic E-state index is -0.165. The minimum absolute atomic E-state index is 0.165. The fourth-order valence-corrected chi connectivity index (χ4v) is 10.9. The molecule has 0 spiro atoms. The lowest BCUT2D eigenvalue weighted by Gasteiger charge is -2.24. The topological polar surface area (TPSA) is 30.2 Å². The fraction of sp³-hybridized carbons (Fsp3) is 0.0462. The molecule has 0 saturated carbocycles. The van der Waals surface area contributed by atoms with Crippen molar-refractivity contribution in [2.45, 2.75) is 19.3 Å². The number of benzene rings is 10. The van der Waals surface area contributed by atoms with Crippen molar-refractivity contribution in [3.8, 4) is 89.3 Å². The molecule has 0 aliphatic heterocycles. The van der Waals surface area contributed by atoms with E-state index in [9.17, 15) is 0 Å². The van der Waals surface area contributed by atoms with Gasteiger partial charge in [-0.05, 0) is 124 Å². The Morgan fingerprint density at radius 3 is 1.46 bits per heavy atom. The summed E-state index contributed by atoms with van der Waals surface area (Å²) in [6, 6.07) is 82.2. The number of rotatable bonds is 7. The number of aromatic nitrogens is 3. The van der Waals surface area contributed by atoms with Gasteiger partial charge >= 0.3 is 0 Å². The molecule has 320 valence electrons. The molecule has 0 amide bonds. The molecule has 13 rings (SSSR count). The predicted molar refractivity (Wildman–Crippen MR) is 284 cm³/mol. The van der Waals surface area contributed by atoms with Crippen LogP contribution in [0.4, 0.5) is 0 Å². The van der Waals surface area contributed by atoms with Gasteiger partial charge in [-0.25, -0.2) is 9.97 Å². The third-order valence-corrected chi connectivity index (χ3v) is 14.3. The summed E-state index contributed by atoms with van der Waals surface area (Å²) in [6.07, 6.45) is 3.85. The van der Waals surface area contributed by atoms with Crippen LogP contribution in [-0.2, 0) is 5.41 Å². The van der Waals surface area contributed by atoms with Crippen LogP contribution in [0.3, 0.4) is 0 Å². The highest BCUT2D eigenvalue weighted by Crippen LogP contribution is 2.53. The first-order valence-electron chi connectivity index (χ1n) is 23.5. The molecule has 0 unspecified atom stereocenters. The van der Waals surface area contributed by atoms with Gasteiger partial charge in [-0.2, -0.15) is 0 Å². The monoisotopic (exact) mass is 867 g/mol. The van der Waals surface area contributed by atoms with Gasteiger partial charge < -0.3 is 0 Å². The van der Waals surface area contributed by atoms with E-state index in [0.29, 0.717) is 5.78 Å². The molecule has 2 aromatic heterocycles. The highest BCUT2D eigenvalue weighted by Gasteiger charge is 2.36. The molecular weight excluding hydrogens is 823 g/mol. The van der Waals surface area contributed by atoms with Crippen LogP contribution < -0.4 is 0 Å². The molecule has 0 atom stereocenters. The summed E-state index contributed by atoms with van der Waals surface area (Å²) in [5, 5.41) is 4.96. The maximum Gasteiger partial charge on any atom is 0.234 e. The molecule has 68 heavy (non-hydrogen) atoms. The number of fused-ring (bicyclic) bond motifs is 6. The highest BCUT2D eigenvalue weighted by atomic mass is 15.1. The molecule has 3 heteroatoms. The highest BCUT2D eigenvalue weighted by molar-refractivity contribution is 6.23. The quantitative estimate of drug-likeness (QED) is 0.149. The van der Waals surface area contributed by atoms with E-state index in [2.05, 4.69) is 236 Å². The Balaban J connectivity index is 1.05. The van der Waals surface area contributed by atoms with Crippen molar-refractivity contribution in [3.05, 3.63) is 248 Å². The lowest BCUT2D eigenvalue weighted by Crippen LogP contribution is -2.14. The first-order valence-corrected chi connectivity index (χ1v) is 23.5. The zero-order valence-electron chi connectivity index (χ0n) is 37.9. The van der Waals surface area contributed by atoms with E-state index in [4.69, 9.17) is 4.98 Å². The van der Waals surface area contributed by atoms with Gasteiger partial charge in [-0.15, -0.1) is 0 Å². The molecule has 0 saturated heterocycles. The summed E-state index contributed by atoms with van der Waals surface area (Å²) in [7, 11) is 0. The van der Waals surface area contributed by atoms with Crippen LogP contribution in [0.2, 0.25) is 0 Å². The Labute approximate surface area is 396 Å². The minimum Gasteiger partial charge on any atom is -0.283 e. The number of hydrogen-bond donors (Lipinski definition) is 0. The van der Waals surface area contributed by atoms with Gasteiger partial charge in [0.1, 0.15) is 0 Å². The van der Waals surface area contributed by atoms with Crippen LogP contribution >= 0.6 is 0 Å². The Bertz CT molecular complexity index is 3870. The third kappa shape index (κ3) is 6.42. The molecule has 12 aromatic rings. The van der Waals surface area contributed by atoms with Gasteiger partial charge in [0.2, 0.25) is 5.78 Å². The van der Waals surface area contributed by atoms with E-state index in [1.54, 1.807) is 6.20 Å². The van der Waals surface area contributed by atoms with Gasteiger partial charge in [0.15, 0.2) is 0 Å². The lowest BCUT2D eigenvalue weighted by atomic mass is 9.79. The molecule has 0 fully saturated rings. The summed E-state index contributed by atoms with van der Waals surface area (Å²) in [6.45, 7) is 4.77. The maximum absolute atomic E-state index is 5.06. The van der Waals surface area contributed by atoms with Crippen molar-refractivity contribution in [1.29, 1.82) is 0 Å². The fourth-order valence-electron chi connectivity index (χ4n) is 10.9. The first-order chi connectivity index (χ1) is 33.5. The second kappa shape index (κ2) is 15.8. The summed E-state index contributed by atoms with van der Waals surface area (Å²) in [4.78, 5) is 9.68. The van der Waals surface area contributed by atoms with Gasteiger partial charge in [-0.3, -0.25) is 4.40 Å². The van der Waals surface area contributed by atoms with Crippen molar-refractivity contribution < 1.29 is 0 Å². The summed E-state index contributed by atoms with van der Waals surface area (Å²) in [5.41, 5.74) is 21.3. The van der Waals surface area contributed by atoms with E-state index >= 15 is 0 Å². The zero-order valence-corrected chi connectivity index (χ0v) is 37.9. The molecule has 10 aromatic carbocycles.